The second-order valence-electron chi connectivity index (χ2n) is 3.65. The molecule has 0 saturated carbocycles. The standard InChI is InChI=1S/C10H12N2O6S/c11-10(13)9(12(14)15)6-7-19(16,17)18-8-4-2-1-3-5-8/h1-5,9H,6-7H2,(H2,11,13). The van der Waals surface area contributed by atoms with E-state index in [1.54, 1.807) is 18.2 Å². The van der Waals surface area contributed by atoms with Crippen molar-refractivity contribution in [3.8, 4) is 5.75 Å². The van der Waals surface area contributed by atoms with Crippen molar-refractivity contribution in [1.82, 2.24) is 0 Å². The molecule has 0 saturated heterocycles. The lowest BCUT2D eigenvalue weighted by molar-refractivity contribution is -0.507. The molecular formula is C10H12N2O6S. The Kier molecular flexibility index (Phi) is 4.81. The molecule has 0 aliphatic carbocycles. The number of hydrogen-bond donors (Lipinski definition) is 1. The van der Waals surface area contributed by atoms with Crippen molar-refractivity contribution in [3.05, 3.63) is 40.4 Å². The van der Waals surface area contributed by atoms with Gasteiger partial charge in [0.15, 0.2) is 0 Å². The summed E-state index contributed by atoms with van der Waals surface area (Å²) in [5.41, 5.74) is 4.80. The molecule has 0 heterocycles. The molecule has 19 heavy (non-hydrogen) atoms. The average Bonchev–Trinajstić information content (AvgIpc) is 2.28. The van der Waals surface area contributed by atoms with E-state index in [-0.39, 0.29) is 5.75 Å². The molecule has 1 atom stereocenters. The highest BCUT2D eigenvalue weighted by atomic mass is 32.2. The Bertz CT molecular complexity index is 543. The quantitative estimate of drug-likeness (QED) is 0.424. The van der Waals surface area contributed by atoms with E-state index in [0.717, 1.165) is 0 Å². The molecule has 0 spiro atoms. The van der Waals surface area contributed by atoms with Crippen molar-refractivity contribution in [2.24, 2.45) is 5.73 Å². The van der Waals surface area contributed by atoms with E-state index in [2.05, 4.69) is 0 Å². The highest BCUT2D eigenvalue weighted by molar-refractivity contribution is 7.87. The monoisotopic (exact) mass is 288 g/mol. The summed E-state index contributed by atoms with van der Waals surface area (Å²) < 4.78 is 27.8. The maximum Gasteiger partial charge on any atom is 0.309 e. The predicted molar refractivity (Wildman–Crippen MR) is 65.5 cm³/mol. The van der Waals surface area contributed by atoms with E-state index in [1.165, 1.54) is 12.1 Å². The van der Waals surface area contributed by atoms with Crippen LogP contribution in [0.15, 0.2) is 30.3 Å². The second-order valence-corrected chi connectivity index (χ2v) is 5.34. The Labute approximate surface area is 109 Å². The van der Waals surface area contributed by atoms with E-state index < -0.39 is 39.2 Å². The fourth-order valence-corrected chi connectivity index (χ4v) is 2.27. The first kappa shape index (κ1) is 14.9. The minimum Gasteiger partial charge on any atom is -0.382 e. The van der Waals surface area contributed by atoms with Crippen LogP contribution in [0.2, 0.25) is 0 Å². The lowest BCUT2D eigenvalue weighted by Gasteiger charge is -2.08. The van der Waals surface area contributed by atoms with Crippen molar-refractivity contribution in [3.63, 3.8) is 0 Å². The van der Waals surface area contributed by atoms with Crippen molar-refractivity contribution >= 4 is 16.0 Å². The summed E-state index contributed by atoms with van der Waals surface area (Å²) in [6, 6.07) is 5.94. The maximum atomic E-state index is 11.6. The maximum absolute atomic E-state index is 11.6. The molecule has 1 aromatic carbocycles. The molecular weight excluding hydrogens is 276 g/mol. The third-order valence-corrected chi connectivity index (χ3v) is 3.37. The summed E-state index contributed by atoms with van der Waals surface area (Å²) in [5.74, 6) is -1.75. The van der Waals surface area contributed by atoms with Crippen LogP contribution in [-0.2, 0) is 14.9 Å². The lowest BCUT2D eigenvalue weighted by atomic mass is 10.2. The molecule has 0 fully saturated rings. The van der Waals surface area contributed by atoms with Gasteiger partial charge in [-0.1, -0.05) is 18.2 Å². The summed E-state index contributed by atoms with van der Waals surface area (Å²) in [6.45, 7) is 0. The summed E-state index contributed by atoms with van der Waals surface area (Å²) in [4.78, 5) is 20.3. The van der Waals surface area contributed by atoms with Crippen molar-refractivity contribution in [2.75, 3.05) is 5.75 Å². The Balaban J connectivity index is 2.65. The van der Waals surface area contributed by atoms with Crippen molar-refractivity contribution in [1.29, 1.82) is 0 Å². The number of nitrogens with two attached hydrogens (primary N) is 1. The third-order valence-electron chi connectivity index (χ3n) is 2.19. The van der Waals surface area contributed by atoms with Gasteiger partial charge in [-0.2, -0.15) is 8.42 Å². The number of para-hydroxylation sites is 1. The molecule has 9 heteroatoms. The smallest absolute Gasteiger partial charge is 0.309 e. The number of benzene rings is 1. The minimum absolute atomic E-state index is 0.0965. The first-order chi connectivity index (χ1) is 8.82. The van der Waals surface area contributed by atoms with Crippen LogP contribution in [0.3, 0.4) is 0 Å². The normalized spacial score (nSPS) is 12.6. The van der Waals surface area contributed by atoms with Crippen LogP contribution in [0, 0.1) is 10.1 Å². The van der Waals surface area contributed by atoms with Crippen LogP contribution >= 0.6 is 0 Å². The zero-order chi connectivity index (χ0) is 14.5. The molecule has 0 aliphatic heterocycles. The molecule has 1 aromatic rings. The Morgan fingerprint density at radius 1 is 1.37 bits per heavy atom. The lowest BCUT2D eigenvalue weighted by Crippen LogP contribution is -2.37. The molecule has 0 aliphatic rings. The molecule has 0 aromatic heterocycles. The van der Waals surface area contributed by atoms with Gasteiger partial charge in [-0.25, -0.2) is 0 Å². The summed E-state index contributed by atoms with van der Waals surface area (Å²) in [6.07, 6.45) is -0.530. The third kappa shape index (κ3) is 4.92. The van der Waals surface area contributed by atoms with Crippen LogP contribution in [0.5, 0.6) is 5.75 Å². The fraction of sp³-hybridized carbons (Fsp3) is 0.300. The molecule has 104 valence electrons. The van der Waals surface area contributed by atoms with Gasteiger partial charge in [0.2, 0.25) is 0 Å². The Hall–Kier alpha value is -2.16. The van der Waals surface area contributed by atoms with E-state index in [9.17, 15) is 23.3 Å². The number of carbonyl (C=O) groups is 1. The molecule has 1 rings (SSSR count). The first-order valence-corrected chi connectivity index (χ1v) is 6.79. The highest BCUT2D eigenvalue weighted by Gasteiger charge is 2.29. The van der Waals surface area contributed by atoms with Crippen LogP contribution in [0.25, 0.3) is 0 Å². The highest BCUT2D eigenvalue weighted by Crippen LogP contribution is 2.13. The largest absolute Gasteiger partial charge is 0.382 e. The number of nitrogens with zero attached hydrogens (tertiary/aromatic N) is 1. The zero-order valence-electron chi connectivity index (χ0n) is 9.76. The van der Waals surface area contributed by atoms with Gasteiger partial charge in [-0.05, 0) is 12.1 Å². The topological polar surface area (TPSA) is 130 Å². The van der Waals surface area contributed by atoms with Crippen LogP contribution in [-0.4, -0.2) is 31.0 Å². The van der Waals surface area contributed by atoms with Gasteiger partial charge in [-0.3, -0.25) is 14.9 Å². The average molecular weight is 288 g/mol. The van der Waals surface area contributed by atoms with Crippen molar-refractivity contribution < 1.29 is 22.3 Å². The number of amides is 1. The van der Waals surface area contributed by atoms with Gasteiger partial charge in [-0.15, -0.1) is 0 Å². The van der Waals surface area contributed by atoms with Gasteiger partial charge < -0.3 is 9.92 Å². The second kappa shape index (κ2) is 6.14. The van der Waals surface area contributed by atoms with Gasteiger partial charge in [0.25, 0.3) is 11.9 Å². The summed E-state index contributed by atoms with van der Waals surface area (Å²) in [5, 5.41) is 10.5. The number of primary amides is 1. The molecule has 1 amide bonds. The van der Waals surface area contributed by atoms with Gasteiger partial charge in [0.1, 0.15) is 5.75 Å². The minimum atomic E-state index is -4.01. The molecule has 0 bridgehead atoms. The SMILES string of the molecule is NC(=O)C(CCS(=O)(=O)Oc1ccccc1)[N+](=O)[O-]. The first-order valence-electron chi connectivity index (χ1n) is 5.22. The van der Waals surface area contributed by atoms with E-state index in [1.807, 2.05) is 0 Å². The molecule has 2 N–H and O–H groups in total. The molecule has 8 nitrogen and oxygen atoms in total. The van der Waals surface area contributed by atoms with Gasteiger partial charge >= 0.3 is 10.1 Å². The molecule has 1 unspecified atom stereocenters. The fourth-order valence-electron chi connectivity index (χ4n) is 1.27. The van der Waals surface area contributed by atoms with Crippen LogP contribution in [0.4, 0.5) is 0 Å². The van der Waals surface area contributed by atoms with E-state index in [0.29, 0.717) is 0 Å². The number of rotatable bonds is 7. The number of nitro groups is 1. The van der Waals surface area contributed by atoms with E-state index in [4.69, 9.17) is 9.92 Å². The van der Waals surface area contributed by atoms with Crippen molar-refractivity contribution in [2.45, 2.75) is 12.5 Å². The number of hydrogen-bond acceptors (Lipinski definition) is 6. The van der Waals surface area contributed by atoms with Crippen LogP contribution in [0.1, 0.15) is 6.42 Å². The van der Waals surface area contributed by atoms with Gasteiger partial charge in [0, 0.05) is 11.3 Å². The van der Waals surface area contributed by atoms with Crippen LogP contribution < -0.4 is 9.92 Å². The van der Waals surface area contributed by atoms with E-state index >= 15 is 0 Å². The Morgan fingerprint density at radius 2 is 1.95 bits per heavy atom. The molecule has 0 radical (unpaired) electrons. The summed E-state index contributed by atoms with van der Waals surface area (Å²) >= 11 is 0. The van der Waals surface area contributed by atoms with Gasteiger partial charge in [0.05, 0.1) is 5.75 Å². The zero-order valence-corrected chi connectivity index (χ0v) is 10.6. The summed E-state index contributed by atoms with van der Waals surface area (Å²) in [7, 11) is -4.01. The number of carbonyl (C=O) groups excluding carboxylic acids is 1. The Morgan fingerprint density at radius 3 is 2.42 bits per heavy atom. The predicted octanol–water partition coefficient (Wildman–Crippen LogP) is -0.0841.